The summed E-state index contributed by atoms with van der Waals surface area (Å²) in [5, 5.41) is 14.5. The Balaban J connectivity index is 1.91. The van der Waals surface area contributed by atoms with Crippen molar-refractivity contribution in [3.63, 3.8) is 0 Å². The summed E-state index contributed by atoms with van der Waals surface area (Å²) in [5.74, 6) is 1.56. The third-order valence-corrected chi connectivity index (χ3v) is 4.69. The molecule has 1 aromatic heterocycles. The molecule has 23 heavy (non-hydrogen) atoms. The van der Waals surface area contributed by atoms with Gasteiger partial charge in [-0.2, -0.15) is 5.10 Å². The van der Waals surface area contributed by atoms with Gasteiger partial charge in [-0.05, 0) is 37.2 Å². The predicted molar refractivity (Wildman–Crippen MR) is 90.8 cm³/mol. The molecule has 6 nitrogen and oxygen atoms in total. The highest BCUT2D eigenvalue weighted by Crippen LogP contribution is 2.28. The monoisotopic (exact) mass is 334 g/mol. The van der Waals surface area contributed by atoms with E-state index >= 15 is 0 Å². The summed E-state index contributed by atoms with van der Waals surface area (Å²) in [4.78, 5) is 2.18. The van der Waals surface area contributed by atoms with E-state index in [1.807, 2.05) is 40.6 Å². The highest BCUT2D eigenvalue weighted by atomic mass is 32.1. The minimum Gasteiger partial charge on any atom is -0.496 e. The maximum Gasteiger partial charge on any atom is 0.199 e. The number of hydrogen-bond donors (Lipinski definition) is 1. The van der Waals surface area contributed by atoms with Crippen molar-refractivity contribution in [1.29, 1.82) is 0 Å². The summed E-state index contributed by atoms with van der Waals surface area (Å²) in [6.07, 6.45) is 1.62. The summed E-state index contributed by atoms with van der Waals surface area (Å²) in [5.41, 5.74) is 0.918. The summed E-state index contributed by atoms with van der Waals surface area (Å²) in [6.45, 7) is 2.22. The first-order valence-electron chi connectivity index (χ1n) is 7.78. The van der Waals surface area contributed by atoms with Gasteiger partial charge >= 0.3 is 0 Å². The van der Waals surface area contributed by atoms with Crippen LogP contribution >= 0.6 is 12.2 Å². The Morgan fingerprint density at radius 1 is 1.39 bits per heavy atom. The van der Waals surface area contributed by atoms with Gasteiger partial charge in [0, 0.05) is 20.1 Å². The van der Waals surface area contributed by atoms with E-state index in [9.17, 15) is 5.11 Å². The van der Waals surface area contributed by atoms with Gasteiger partial charge in [0.05, 0.1) is 25.4 Å². The molecule has 0 spiro atoms. The lowest BCUT2D eigenvalue weighted by Gasteiger charge is -2.29. The third-order valence-electron chi connectivity index (χ3n) is 4.20. The van der Waals surface area contributed by atoms with Gasteiger partial charge in [-0.15, -0.1) is 0 Å². The van der Waals surface area contributed by atoms with Gasteiger partial charge in [-0.3, -0.25) is 4.90 Å². The van der Waals surface area contributed by atoms with Crippen molar-refractivity contribution < 1.29 is 9.84 Å². The molecule has 1 aliphatic heterocycles. The van der Waals surface area contributed by atoms with Crippen molar-refractivity contribution in [2.75, 3.05) is 20.2 Å². The Hall–Kier alpha value is -1.70. The fourth-order valence-corrected chi connectivity index (χ4v) is 3.18. The lowest BCUT2D eigenvalue weighted by Crippen LogP contribution is -2.39. The first kappa shape index (κ1) is 16.2. The van der Waals surface area contributed by atoms with Crippen LogP contribution in [-0.4, -0.2) is 50.7 Å². The Labute approximate surface area is 140 Å². The van der Waals surface area contributed by atoms with Gasteiger partial charge < -0.3 is 14.4 Å². The van der Waals surface area contributed by atoms with Crippen LogP contribution in [0.2, 0.25) is 0 Å². The van der Waals surface area contributed by atoms with Crippen LogP contribution in [0.15, 0.2) is 24.3 Å². The van der Waals surface area contributed by atoms with Crippen LogP contribution in [0.3, 0.4) is 0 Å². The Morgan fingerprint density at radius 3 is 2.91 bits per heavy atom. The SMILES string of the molecule is COc1ccccc1-c1nn(CN2CCC[C@H](O)C2)c(=S)n1C. The van der Waals surface area contributed by atoms with Crippen LogP contribution < -0.4 is 4.74 Å². The maximum atomic E-state index is 9.81. The van der Waals surface area contributed by atoms with E-state index in [1.165, 1.54) is 0 Å². The number of aliphatic hydroxyl groups excluding tert-OH is 1. The third kappa shape index (κ3) is 3.31. The lowest BCUT2D eigenvalue weighted by atomic mass is 10.1. The van der Waals surface area contributed by atoms with Gasteiger partial charge in [-0.1, -0.05) is 12.1 Å². The number of ether oxygens (including phenoxy) is 1. The predicted octanol–water partition coefficient (Wildman–Crippen LogP) is 2.04. The number of para-hydroxylation sites is 1. The number of β-amino-alcohol motifs (C(OH)–C–C–N with tert-alkyl or cyclic N) is 1. The average molecular weight is 334 g/mol. The molecular formula is C16H22N4O2S. The molecule has 1 aliphatic rings. The molecule has 7 heteroatoms. The first-order chi connectivity index (χ1) is 11.1. The van der Waals surface area contributed by atoms with Gasteiger partial charge in [-0.25, -0.2) is 4.68 Å². The van der Waals surface area contributed by atoms with Crippen molar-refractivity contribution in [2.45, 2.75) is 25.6 Å². The molecule has 124 valence electrons. The molecule has 0 saturated carbocycles. The molecule has 1 aromatic carbocycles. The average Bonchev–Trinajstić information content (AvgIpc) is 2.83. The molecule has 2 aromatic rings. The first-order valence-corrected chi connectivity index (χ1v) is 8.18. The zero-order valence-corrected chi connectivity index (χ0v) is 14.3. The molecule has 1 atom stereocenters. The van der Waals surface area contributed by atoms with Gasteiger partial charge in [0.2, 0.25) is 0 Å². The van der Waals surface area contributed by atoms with Gasteiger partial charge in [0.1, 0.15) is 5.75 Å². The van der Waals surface area contributed by atoms with Crippen molar-refractivity contribution in [2.24, 2.45) is 7.05 Å². The Kier molecular flexibility index (Phi) is 4.79. The molecular weight excluding hydrogens is 312 g/mol. The fraction of sp³-hybridized carbons (Fsp3) is 0.500. The van der Waals surface area contributed by atoms with Crippen LogP contribution in [0, 0.1) is 4.77 Å². The maximum absolute atomic E-state index is 9.81. The molecule has 3 rings (SSSR count). The summed E-state index contributed by atoms with van der Waals surface area (Å²) < 4.78 is 9.80. The van der Waals surface area contributed by atoms with Crippen LogP contribution in [0.1, 0.15) is 12.8 Å². The Morgan fingerprint density at radius 2 is 2.17 bits per heavy atom. The molecule has 0 radical (unpaired) electrons. The highest BCUT2D eigenvalue weighted by molar-refractivity contribution is 7.71. The van der Waals surface area contributed by atoms with E-state index in [2.05, 4.69) is 10.00 Å². The molecule has 1 fully saturated rings. The molecule has 0 amide bonds. The number of methoxy groups -OCH3 is 1. The second-order valence-electron chi connectivity index (χ2n) is 5.88. The number of aromatic nitrogens is 3. The molecule has 0 aliphatic carbocycles. The van der Waals surface area contributed by atoms with E-state index in [0.29, 0.717) is 18.0 Å². The highest BCUT2D eigenvalue weighted by Gasteiger charge is 2.20. The molecule has 1 saturated heterocycles. The van der Waals surface area contributed by atoms with Crippen LogP contribution in [0.4, 0.5) is 0 Å². The zero-order chi connectivity index (χ0) is 16.4. The lowest BCUT2D eigenvalue weighted by molar-refractivity contribution is 0.0513. The normalized spacial score (nSPS) is 19.0. The second kappa shape index (κ2) is 6.82. The van der Waals surface area contributed by atoms with E-state index in [4.69, 9.17) is 17.0 Å². The smallest absolute Gasteiger partial charge is 0.199 e. The number of piperidine rings is 1. The van der Waals surface area contributed by atoms with Gasteiger partial charge in [0.25, 0.3) is 0 Å². The standard InChI is InChI=1S/C16H22N4O2S/c1-18-15(13-7-3-4-8-14(13)22-2)17-20(16(18)23)11-19-9-5-6-12(21)10-19/h3-4,7-8,12,21H,5-6,9-11H2,1-2H3/t12-/m0/s1. The van der Waals surface area contributed by atoms with Crippen LogP contribution in [0.25, 0.3) is 11.4 Å². The number of likely N-dealkylation sites (tertiary alicyclic amines) is 1. The largest absolute Gasteiger partial charge is 0.496 e. The number of nitrogens with zero attached hydrogens (tertiary/aromatic N) is 4. The minimum atomic E-state index is -0.254. The van der Waals surface area contributed by atoms with E-state index in [0.717, 1.165) is 36.5 Å². The molecule has 0 bridgehead atoms. The van der Waals surface area contributed by atoms with Gasteiger partial charge in [0.15, 0.2) is 10.6 Å². The summed E-state index contributed by atoms with van der Waals surface area (Å²) in [6, 6.07) is 7.79. The van der Waals surface area contributed by atoms with Crippen molar-refractivity contribution in [1.82, 2.24) is 19.2 Å². The quantitative estimate of drug-likeness (QED) is 0.867. The summed E-state index contributed by atoms with van der Waals surface area (Å²) >= 11 is 5.52. The molecule has 2 heterocycles. The number of benzene rings is 1. The van der Waals surface area contributed by atoms with Crippen molar-refractivity contribution in [3.8, 4) is 17.1 Å². The summed E-state index contributed by atoms with van der Waals surface area (Å²) in [7, 11) is 3.57. The van der Waals surface area contributed by atoms with Crippen molar-refractivity contribution in [3.05, 3.63) is 29.0 Å². The van der Waals surface area contributed by atoms with E-state index < -0.39 is 0 Å². The van der Waals surface area contributed by atoms with Crippen LogP contribution in [0.5, 0.6) is 5.75 Å². The topological polar surface area (TPSA) is 55.4 Å². The second-order valence-corrected chi connectivity index (χ2v) is 6.24. The van der Waals surface area contributed by atoms with Crippen molar-refractivity contribution >= 4 is 12.2 Å². The van der Waals surface area contributed by atoms with E-state index in [-0.39, 0.29) is 6.10 Å². The number of aliphatic hydroxyl groups is 1. The number of hydrogen-bond acceptors (Lipinski definition) is 5. The fourth-order valence-electron chi connectivity index (χ4n) is 2.99. The molecule has 1 N–H and O–H groups in total. The number of rotatable bonds is 4. The van der Waals surface area contributed by atoms with E-state index in [1.54, 1.807) is 7.11 Å². The molecule has 0 unspecified atom stereocenters. The Bertz CT molecular complexity index is 740. The zero-order valence-electron chi connectivity index (χ0n) is 13.5. The van der Waals surface area contributed by atoms with Crippen LogP contribution in [-0.2, 0) is 13.7 Å². The minimum absolute atomic E-state index is 0.254.